The van der Waals surface area contributed by atoms with Crippen LogP contribution in [0.4, 0.5) is 13.2 Å². The van der Waals surface area contributed by atoms with E-state index < -0.39 is 17.6 Å². The summed E-state index contributed by atoms with van der Waals surface area (Å²) in [5.41, 5.74) is 0.503. The number of carbonyl (C=O) groups excluding carboxylic acids is 3. The van der Waals surface area contributed by atoms with Crippen LogP contribution < -0.4 is 5.32 Å². The molecular formula is C22H17F3N2O3. The smallest absolute Gasteiger partial charge is 0.341 e. The normalized spacial score (nSPS) is 13.8. The Morgan fingerprint density at radius 1 is 1.03 bits per heavy atom. The monoisotopic (exact) mass is 414 g/mol. The van der Waals surface area contributed by atoms with Crippen LogP contribution in [0.25, 0.3) is 0 Å². The first-order valence-electron chi connectivity index (χ1n) is 9.10. The number of likely N-dealkylation sites (tertiary alicyclic amines) is 1. The molecule has 1 aliphatic rings. The first-order valence-corrected chi connectivity index (χ1v) is 9.10. The van der Waals surface area contributed by atoms with Gasteiger partial charge in [0.15, 0.2) is 0 Å². The zero-order chi connectivity index (χ0) is 21.7. The summed E-state index contributed by atoms with van der Waals surface area (Å²) in [5.74, 6) is 4.40. The molecule has 0 saturated carbocycles. The molecule has 154 valence electrons. The van der Waals surface area contributed by atoms with Crippen molar-refractivity contribution in [1.82, 2.24) is 10.2 Å². The van der Waals surface area contributed by atoms with Gasteiger partial charge in [0.2, 0.25) is 11.8 Å². The number of nitrogens with one attached hydrogen (secondary N) is 1. The molecule has 30 heavy (non-hydrogen) atoms. The number of rotatable bonds is 4. The van der Waals surface area contributed by atoms with Gasteiger partial charge >= 0.3 is 6.18 Å². The van der Waals surface area contributed by atoms with Crippen LogP contribution in [0.3, 0.4) is 0 Å². The van der Waals surface area contributed by atoms with Crippen molar-refractivity contribution in [3.05, 3.63) is 70.8 Å². The van der Waals surface area contributed by atoms with E-state index in [1.54, 1.807) is 24.3 Å². The van der Waals surface area contributed by atoms with Crippen molar-refractivity contribution in [2.45, 2.75) is 25.6 Å². The molecule has 0 radical (unpaired) electrons. The highest BCUT2D eigenvalue weighted by molar-refractivity contribution is 6.01. The summed E-state index contributed by atoms with van der Waals surface area (Å²) in [6.07, 6.45) is -3.99. The Kier molecular flexibility index (Phi) is 6.21. The molecule has 3 amide bonds. The molecule has 2 aromatic carbocycles. The van der Waals surface area contributed by atoms with Crippen LogP contribution >= 0.6 is 0 Å². The van der Waals surface area contributed by atoms with E-state index in [9.17, 15) is 27.6 Å². The number of hydrogen-bond donors (Lipinski definition) is 1. The molecule has 0 aromatic heterocycles. The van der Waals surface area contributed by atoms with E-state index in [0.29, 0.717) is 5.56 Å². The summed E-state index contributed by atoms with van der Waals surface area (Å²) >= 11 is 0. The van der Waals surface area contributed by atoms with Crippen LogP contribution in [0.5, 0.6) is 0 Å². The molecule has 0 spiro atoms. The van der Waals surface area contributed by atoms with Crippen LogP contribution in [-0.2, 0) is 22.3 Å². The molecule has 8 heteroatoms. The lowest BCUT2D eigenvalue weighted by molar-refractivity contribution is -0.139. The molecule has 1 saturated heterocycles. The lowest BCUT2D eigenvalue weighted by Crippen LogP contribution is -2.28. The number of carbonyl (C=O) groups is 3. The lowest BCUT2D eigenvalue weighted by Gasteiger charge is -2.13. The largest absolute Gasteiger partial charge is 0.416 e. The Labute approximate surface area is 170 Å². The van der Waals surface area contributed by atoms with Gasteiger partial charge < -0.3 is 5.32 Å². The van der Waals surface area contributed by atoms with Gasteiger partial charge in [0, 0.05) is 24.0 Å². The van der Waals surface area contributed by atoms with E-state index >= 15 is 0 Å². The maximum Gasteiger partial charge on any atom is 0.416 e. The summed E-state index contributed by atoms with van der Waals surface area (Å²) in [4.78, 5) is 36.7. The Balaban J connectivity index is 1.54. The standard InChI is InChI=1S/C22H17F3N2O3/c23-22(24,25)18-5-1-3-15(13-18)4-2-12-26-21(30)17-8-6-16(7-9-17)14-27-19(28)10-11-20(27)29/h1,3,5-9,13H,10-12,14H2,(H,26,30). The summed E-state index contributed by atoms with van der Waals surface area (Å²) in [5, 5.41) is 2.57. The van der Waals surface area contributed by atoms with Gasteiger partial charge in [-0.2, -0.15) is 13.2 Å². The van der Waals surface area contributed by atoms with Gasteiger partial charge in [0.05, 0.1) is 18.7 Å². The van der Waals surface area contributed by atoms with Crippen LogP contribution in [0.2, 0.25) is 0 Å². The predicted octanol–water partition coefficient (Wildman–Crippen LogP) is 3.14. The third-order valence-corrected chi connectivity index (χ3v) is 4.47. The number of halogens is 3. The third-order valence-electron chi connectivity index (χ3n) is 4.47. The highest BCUT2D eigenvalue weighted by Crippen LogP contribution is 2.29. The molecule has 5 nitrogen and oxygen atoms in total. The summed E-state index contributed by atoms with van der Waals surface area (Å²) < 4.78 is 38.1. The molecule has 0 aliphatic carbocycles. The van der Waals surface area contributed by atoms with Crippen molar-refractivity contribution in [3.63, 3.8) is 0 Å². The Morgan fingerprint density at radius 2 is 1.70 bits per heavy atom. The molecule has 1 aliphatic heterocycles. The molecule has 0 atom stereocenters. The first kappa shape index (κ1) is 21.1. The molecule has 2 aromatic rings. The van der Waals surface area contributed by atoms with Crippen molar-refractivity contribution < 1.29 is 27.6 Å². The predicted molar refractivity (Wildman–Crippen MR) is 102 cm³/mol. The quantitative estimate of drug-likeness (QED) is 0.618. The number of nitrogens with zero attached hydrogens (tertiary/aromatic N) is 1. The topological polar surface area (TPSA) is 66.5 Å². The number of hydrogen-bond acceptors (Lipinski definition) is 3. The SMILES string of the molecule is O=C(NCC#Cc1cccc(C(F)(F)F)c1)c1ccc(CN2C(=O)CCC2=O)cc1. The summed E-state index contributed by atoms with van der Waals surface area (Å²) in [7, 11) is 0. The van der Waals surface area contributed by atoms with Crippen molar-refractivity contribution in [2.24, 2.45) is 0 Å². The summed E-state index contributed by atoms with van der Waals surface area (Å²) in [6, 6.07) is 11.1. The zero-order valence-electron chi connectivity index (χ0n) is 15.8. The van der Waals surface area contributed by atoms with Crippen molar-refractivity contribution >= 4 is 17.7 Å². The van der Waals surface area contributed by atoms with Crippen LogP contribution in [-0.4, -0.2) is 29.2 Å². The fourth-order valence-electron chi connectivity index (χ4n) is 2.89. The highest BCUT2D eigenvalue weighted by Gasteiger charge is 2.30. The van der Waals surface area contributed by atoms with Crippen LogP contribution in [0.1, 0.15) is 39.9 Å². The molecular weight excluding hydrogens is 397 g/mol. The second-order valence-electron chi connectivity index (χ2n) is 6.63. The molecule has 3 rings (SSSR count). The van der Waals surface area contributed by atoms with Crippen LogP contribution in [0, 0.1) is 11.8 Å². The van der Waals surface area contributed by atoms with E-state index in [-0.39, 0.29) is 43.3 Å². The van der Waals surface area contributed by atoms with Gasteiger partial charge in [-0.3, -0.25) is 19.3 Å². The number of imide groups is 1. The summed E-state index contributed by atoms with van der Waals surface area (Å²) in [6.45, 7) is 0.135. The average molecular weight is 414 g/mol. The molecule has 1 heterocycles. The Hall–Kier alpha value is -3.60. The molecule has 0 unspecified atom stereocenters. The van der Waals surface area contributed by atoms with Gasteiger partial charge in [-0.1, -0.05) is 30.0 Å². The van der Waals surface area contributed by atoms with Gasteiger partial charge in [0.1, 0.15) is 0 Å². The van der Waals surface area contributed by atoms with Gasteiger partial charge in [0.25, 0.3) is 5.91 Å². The van der Waals surface area contributed by atoms with E-state index in [4.69, 9.17) is 0 Å². The minimum Gasteiger partial charge on any atom is -0.341 e. The minimum atomic E-state index is -4.44. The van der Waals surface area contributed by atoms with E-state index in [1.807, 2.05) is 0 Å². The number of alkyl halides is 3. The second kappa shape index (κ2) is 8.82. The number of benzene rings is 2. The second-order valence-corrected chi connectivity index (χ2v) is 6.63. The molecule has 1 N–H and O–H groups in total. The Bertz CT molecular complexity index is 1020. The van der Waals surface area contributed by atoms with Gasteiger partial charge in [-0.05, 0) is 35.9 Å². The van der Waals surface area contributed by atoms with Crippen molar-refractivity contribution in [2.75, 3.05) is 6.54 Å². The fourth-order valence-corrected chi connectivity index (χ4v) is 2.89. The minimum absolute atomic E-state index is 0.0341. The van der Waals surface area contributed by atoms with Crippen molar-refractivity contribution in [3.8, 4) is 11.8 Å². The maximum absolute atomic E-state index is 12.7. The number of amides is 3. The Morgan fingerprint density at radius 3 is 2.33 bits per heavy atom. The molecule has 0 bridgehead atoms. The van der Waals surface area contributed by atoms with Crippen molar-refractivity contribution in [1.29, 1.82) is 0 Å². The first-order chi connectivity index (χ1) is 14.2. The fraction of sp³-hybridized carbons (Fsp3) is 0.227. The third kappa shape index (κ3) is 5.26. The lowest BCUT2D eigenvalue weighted by atomic mass is 10.1. The zero-order valence-corrected chi connectivity index (χ0v) is 15.8. The van der Waals surface area contributed by atoms with Crippen LogP contribution in [0.15, 0.2) is 48.5 Å². The van der Waals surface area contributed by atoms with Gasteiger partial charge in [-0.25, -0.2) is 0 Å². The van der Waals surface area contributed by atoms with E-state index in [2.05, 4.69) is 17.2 Å². The average Bonchev–Trinajstić information content (AvgIpc) is 3.03. The van der Waals surface area contributed by atoms with Gasteiger partial charge in [-0.15, -0.1) is 0 Å². The highest BCUT2D eigenvalue weighted by atomic mass is 19.4. The maximum atomic E-state index is 12.7. The molecule has 1 fully saturated rings. The van der Waals surface area contributed by atoms with E-state index in [0.717, 1.165) is 17.7 Å². The van der Waals surface area contributed by atoms with E-state index in [1.165, 1.54) is 17.0 Å².